The fourth-order valence-corrected chi connectivity index (χ4v) is 1.51. The van der Waals surface area contributed by atoms with Crippen LogP contribution in [0.15, 0.2) is 24.3 Å². The summed E-state index contributed by atoms with van der Waals surface area (Å²) in [7, 11) is 1.37. The number of nitrogens with zero attached hydrogens (tertiary/aromatic N) is 1. The molecular weight excluding hydrogens is 218 g/mol. The van der Waals surface area contributed by atoms with Gasteiger partial charge in [-0.05, 0) is 38.1 Å². The van der Waals surface area contributed by atoms with Gasteiger partial charge in [0.15, 0.2) is 5.78 Å². The zero-order chi connectivity index (χ0) is 12.8. The molecule has 0 heterocycles. The van der Waals surface area contributed by atoms with E-state index in [0.717, 1.165) is 5.69 Å². The van der Waals surface area contributed by atoms with Crippen LogP contribution in [0.5, 0.6) is 0 Å². The number of Topliss-reactive ketones (excluding diaryl/α,β-unsaturated/α-hetero) is 1. The topological polar surface area (TPSA) is 46.6 Å². The van der Waals surface area contributed by atoms with Gasteiger partial charge in [0, 0.05) is 17.8 Å². The first-order valence-electron chi connectivity index (χ1n) is 5.51. The van der Waals surface area contributed by atoms with Crippen LogP contribution in [0.4, 0.5) is 5.69 Å². The summed E-state index contributed by atoms with van der Waals surface area (Å²) in [6, 6.07) is 7.20. The van der Waals surface area contributed by atoms with Gasteiger partial charge >= 0.3 is 5.97 Å². The van der Waals surface area contributed by atoms with Gasteiger partial charge in [-0.3, -0.25) is 9.59 Å². The first kappa shape index (κ1) is 13.2. The summed E-state index contributed by atoms with van der Waals surface area (Å²) >= 11 is 0. The van der Waals surface area contributed by atoms with E-state index in [0.29, 0.717) is 12.1 Å². The van der Waals surface area contributed by atoms with Crippen LogP contribution in [0.3, 0.4) is 0 Å². The highest BCUT2D eigenvalue weighted by molar-refractivity contribution is 5.94. The van der Waals surface area contributed by atoms with Gasteiger partial charge in [0.05, 0.1) is 7.11 Å². The molecule has 0 aliphatic rings. The molecule has 0 atom stereocenters. The fourth-order valence-electron chi connectivity index (χ4n) is 1.51. The maximum absolute atomic E-state index is 11.2. The third kappa shape index (κ3) is 3.59. The Kier molecular flexibility index (Phi) is 4.69. The molecule has 4 nitrogen and oxygen atoms in total. The predicted molar refractivity (Wildman–Crippen MR) is 66.3 cm³/mol. The molecule has 0 radical (unpaired) electrons. The van der Waals surface area contributed by atoms with Crippen molar-refractivity contribution in [3.63, 3.8) is 0 Å². The average Bonchev–Trinajstić information content (AvgIpc) is 2.35. The number of likely N-dealkylation sites (N-methyl/N-ethyl adjacent to an activating group) is 1. The highest BCUT2D eigenvalue weighted by Gasteiger charge is 2.10. The van der Waals surface area contributed by atoms with Crippen molar-refractivity contribution in [2.75, 3.05) is 25.1 Å². The molecule has 0 aromatic heterocycles. The molecule has 0 unspecified atom stereocenters. The highest BCUT2D eigenvalue weighted by Crippen LogP contribution is 2.15. The molecular formula is C13H17NO3. The molecule has 17 heavy (non-hydrogen) atoms. The number of anilines is 1. The quantitative estimate of drug-likeness (QED) is 0.577. The summed E-state index contributed by atoms with van der Waals surface area (Å²) in [6.07, 6.45) is 0. The lowest BCUT2D eigenvalue weighted by atomic mass is 10.1. The Hall–Kier alpha value is -1.84. The number of benzene rings is 1. The molecule has 0 amide bonds. The maximum atomic E-state index is 11.2. The van der Waals surface area contributed by atoms with Crippen molar-refractivity contribution in [2.24, 2.45) is 0 Å². The van der Waals surface area contributed by atoms with Gasteiger partial charge in [-0.1, -0.05) is 0 Å². The van der Waals surface area contributed by atoms with E-state index in [9.17, 15) is 9.59 Å². The van der Waals surface area contributed by atoms with E-state index in [-0.39, 0.29) is 18.3 Å². The van der Waals surface area contributed by atoms with E-state index < -0.39 is 0 Å². The minimum atomic E-state index is -0.275. The van der Waals surface area contributed by atoms with Crippen LogP contribution in [-0.2, 0) is 9.53 Å². The standard InChI is InChI=1S/C13H17NO3/c1-4-14(9-13(16)17-3)12-7-5-11(6-8-12)10(2)15/h5-8H,4,9H2,1-3H3. The molecule has 1 aromatic carbocycles. The molecule has 0 fully saturated rings. The number of rotatable bonds is 5. The molecule has 0 bridgehead atoms. The number of hydrogen-bond acceptors (Lipinski definition) is 4. The lowest BCUT2D eigenvalue weighted by molar-refractivity contribution is -0.138. The minimum Gasteiger partial charge on any atom is -0.468 e. The van der Waals surface area contributed by atoms with Crippen LogP contribution < -0.4 is 4.90 Å². The summed E-state index contributed by atoms with van der Waals surface area (Å²) < 4.78 is 4.63. The number of ketones is 1. The Morgan fingerprint density at radius 1 is 1.24 bits per heavy atom. The predicted octanol–water partition coefficient (Wildman–Crippen LogP) is 1.89. The monoisotopic (exact) mass is 235 g/mol. The third-order valence-electron chi connectivity index (χ3n) is 2.57. The van der Waals surface area contributed by atoms with Gasteiger partial charge in [0.1, 0.15) is 6.54 Å². The summed E-state index contributed by atoms with van der Waals surface area (Å²) in [5.74, 6) is -0.241. The van der Waals surface area contributed by atoms with E-state index >= 15 is 0 Å². The van der Waals surface area contributed by atoms with Crippen LogP contribution in [0.25, 0.3) is 0 Å². The molecule has 4 heteroatoms. The van der Waals surface area contributed by atoms with Crippen LogP contribution in [0.1, 0.15) is 24.2 Å². The number of hydrogen-bond donors (Lipinski definition) is 0. The van der Waals surface area contributed by atoms with Crippen LogP contribution in [0, 0.1) is 0 Å². The van der Waals surface area contributed by atoms with Crippen LogP contribution in [0.2, 0.25) is 0 Å². The lowest BCUT2D eigenvalue weighted by Gasteiger charge is -2.21. The Balaban J connectivity index is 2.82. The number of carbonyl (C=O) groups excluding carboxylic acids is 2. The Morgan fingerprint density at radius 3 is 2.24 bits per heavy atom. The molecule has 0 saturated heterocycles. The lowest BCUT2D eigenvalue weighted by Crippen LogP contribution is -2.30. The van der Waals surface area contributed by atoms with Crippen molar-refractivity contribution in [3.8, 4) is 0 Å². The zero-order valence-electron chi connectivity index (χ0n) is 10.4. The second-order valence-corrected chi connectivity index (χ2v) is 3.69. The minimum absolute atomic E-state index is 0.0348. The van der Waals surface area contributed by atoms with Crippen molar-refractivity contribution in [2.45, 2.75) is 13.8 Å². The van der Waals surface area contributed by atoms with Gasteiger partial charge in [-0.15, -0.1) is 0 Å². The van der Waals surface area contributed by atoms with Crippen LogP contribution >= 0.6 is 0 Å². The second kappa shape index (κ2) is 6.03. The summed E-state index contributed by atoms with van der Waals surface area (Å²) in [5.41, 5.74) is 1.57. The first-order chi connectivity index (χ1) is 8.08. The fraction of sp³-hybridized carbons (Fsp3) is 0.385. The van der Waals surface area contributed by atoms with Crippen molar-refractivity contribution in [1.82, 2.24) is 0 Å². The Bertz CT molecular complexity index is 398. The van der Waals surface area contributed by atoms with E-state index in [1.807, 2.05) is 24.0 Å². The molecule has 1 rings (SSSR count). The molecule has 0 N–H and O–H groups in total. The number of methoxy groups -OCH3 is 1. The Morgan fingerprint density at radius 2 is 1.82 bits per heavy atom. The average molecular weight is 235 g/mol. The van der Waals surface area contributed by atoms with Crippen molar-refractivity contribution in [1.29, 1.82) is 0 Å². The van der Waals surface area contributed by atoms with Gasteiger partial charge in [0.2, 0.25) is 0 Å². The second-order valence-electron chi connectivity index (χ2n) is 3.69. The van der Waals surface area contributed by atoms with Gasteiger partial charge < -0.3 is 9.64 Å². The van der Waals surface area contributed by atoms with E-state index in [4.69, 9.17) is 0 Å². The maximum Gasteiger partial charge on any atom is 0.325 e. The molecule has 0 aliphatic heterocycles. The molecule has 0 spiro atoms. The van der Waals surface area contributed by atoms with Crippen molar-refractivity contribution >= 4 is 17.4 Å². The first-order valence-corrected chi connectivity index (χ1v) is 5.51. The van der Waals surface area contributed by atoms with E-state index in [1.54, 1.807) is 12.1 Å². The van der Waals surface area contributed by atoms with Gasteiger partial charge in [-0.2, -0.15) is 0 Å². The largest absolute Gasteiger partial charge is 0.468 e. The van der Waals surface area contributed by atoms with Gasteiger partial charge in [0.25, 0.3) is 0 Å². The molecule has 1 aromatic rings. The highest BCUT2D eigenvalue weighted by atomic mass is 16.5. The van der Waals surface area contributed by atoms with Crippen molar-refractivity contribution < 1.29 is 14.3 Å². The number of carbonyl (C=O) groups is 2. The number of ether oxygens (including phenoxy) is 1. The summed E-state index contributed by atoms with van der Waals surface area (Å²) in [6.45, 7) is 4.41. The smallest absolute Gasteiger partial charge is 0.325 e. The SMILES string of the molecule is CCN(CC(=O)OC)c1ccc(C(C)=O)cc1. The van der Waals surface area contributed by atoms with E-state index in [1.165, 1.54) is 14.0 Å². The summed E-state index contributed by atoms with van der Waals surface area (Å²) in [4.78, 5) is 24.2. The summed E-state index contributed by atoms with van der Waals surface area (Å²) in [5, 5.41) is 0. The molecule has 92 valence electrons. The molecule has 0 saturated carbocycles. The number of esters is 1. The van der Waals surface area contributed by atoms with Crippen LogP contribution in [-0.4, -0.2) is 32.0 Å². The van der Waals surface area contributed by atoms with Crippen molar-refractivity contribution in [3.05, 3.63) is 29.8 Å². The molecule has 0 aliphatic carbocycles. The Labute approximate surface area is 101 Å². The van der Waals surface area contributed by atoms with Gasteiger partial charge in [-0.25, -0.2) is 0 Å². The third-order valence-corrected chi connectivity index (χ3v) is 2.57. The van der Waals surface area contributed by atoms with E-state index in [2.05, 4.69) is 4.74 Å². The normalized spacial score (nSPS) is 9.82. The zero-order valence-corrected chi connectivity index (χ0v) is 10.4.